The van der Waals surface area contributed by atoms with E-state index in [0.29, 0.717) is 15.3 Å². The third-order valence-corrected chi connectivity index (χ3v) is 12.1. The Morgan fingerprint density at radius 1 is 1.27 bits per heavy atom. The number of anilines is 1. The number of hydrogen-bond donors (Lipinski definition) is 3. The first-order valence-electron chi connectivity index (χ1n) is 14.1. The van der Waals surface area contributed by atoms with Crippen LogP contribution in [0, 0.1) is 5.41 Å². The number of ether oxygens (including phenoxy) is 1. The summed E-state index contributed by atoms with van der Waals surface area (Å²) in [4.78, 5) is 62.9. The summed E-state index contributed by atoms with van der Waals surface area (Å²) in [5.74, 6) is -1.25. The molecule has 3 fully saturated rings. The van der Waals surface area contributed by atoms with Gasteiger partial charge in [0.25, 0.3) is 5.91 Å². The van der Waals surface area contributed by atoms with Gasteiger partial charge in [-0.1, -0.05) is 23.0 Å². The van der Waals surface area contributed by atoms with Crippen LogP contribution in [0.15, 0.2) is 55.3 Å². The lowest BCUT2D eigenvalue weighted by Crippen LogP contribution is -2.73. The van der Waals surface area contributed by atoms with Gasteiger partial charge in [-0.05, 0) is 49.3 Å². The molecule has 236 valence electrons. The number of aromatic nitrogens is 1. The Balaban J connectivity index is 1.13. The fourth-order valence-electron chi connectivity index (χ4n) is 5.36. The maximum absolute atomic E-state index is 13.3. The number of carboxylic acids is 1. The number of nitrogen functional groups attached to an aromatic ring is 1. The van der Waals surface area contributed by atoms with Crippen LogP contribution >= 0.6 is 46.2 Å². The number of β-lactam (4-membered cyclic amide) rings is 1. The van der Waals surface area contributed by atoms with Crippen molar-refractivity contribution in [3.8, 4) is 5.75 Å². The molecule has 1 aromatic carbocycles. The van der Waals surface area contributed by atoms with E-state index in [1.807, 2.05) is 0 Å². The van der Waals surface area contributed by atoms with E-state index in [-0.39, 0.29) is 46.3 Å². The van der Waals surface area contributed by atoms with Gasteiger partial charge < -0.3 is 30.6 Å². The summed E-state index contributed by atoms with van der Waals surface area (Å²) < 4.78 is 6.72. The van der Waals surface area contributed by atoms with Gasteiger partial charge in [0, 0.05) is 33.8 Å². The minimum atomic E-state index is -1.34. The summed E-state index contributed by atoms with van der Waals surface area (Å²) in [6.07, 6.45) is 5.26. The highest BCUT2D eigenvalue weighted by molar-refractivity contribution is 8.04. The van der Waals surface area contributed by atoms with Crippen LogP contribution in [0.3, 0.4) is 0 Å². The molecule has 45 heavy (non-hydrogen) atoms. The standard InChI is InChI=1S/C29H29N5O7S4/c1-40-16-6-7-17-19(35)11-21(45-20(17)10-16)42-9-8-29(27(38)39)13-34-25(37)23(26(34)44-14-29)32-24(36)22(18-12-43-28(30)31-18)33-41-15-4-2-3-5-15/h6-12,15,23,26H,2-5,13-14H2,1H3,(H2,30,31)(H,32,36)(H,38,39)/t23?,26-,29?/m1/s1. The molecule has 3 atom stereocenters. The third kappa shape index (κ3) is 6.41. The number of carboxylic acid groups (broad SMARTS) is 1. The molecule has 1 saturated carbocycles. The first-order chi connectivity index (χ1) is 21.7. The number of nitrogens with zero attached hydrogens (tertiary/aromatic N) is 3. The average molecular weight is 688 g/mol. The SMILES string of the molecule is COc1ccc2c(=O)cc(SC=CC3(C(=O)O)CS[C@@H]4C(NC(=O)C(=NOC5CCCC5)c5csc(N)n5)C(=O)N4C3)sc2c1. The lowest BCUT2D eigenvalue weighted by molar-refractivity contribution is -0.156. The van der Waals surface area contributed by atoms with Gasteiger partial charge in [-0.3, -0.25) is 19.2 Å². The lowest BCUT2D eigenvalue weighted by atomic mass is 9.87. The van der Waals surface area contributed by atoms with E-state index in [0.717, 1.165) is 41.7 Å². The second kappa shape index (κ2) is 13.0. The minimum Gasteiger partial charge on any atom is -0.497 e. The molecule has 6 rings (SSSR count). The minimum absolute atomic E-state index is 0.0538. The molecule has 4 N–H and O–H groups in total. The van der Waals surface area contributed by atoms with Crippen LogP contribution in [0.5, 0.6) is 5.75 Å². The van der Waals surface area contributed by atoms with E-state index in [4.69, 9.17) is 15.3 Å². The maximum atomic E-state index is 13.3. The van der Waals surface area contributed by atoms with Gasteiger partial charge >= 0.3 is 5.97 Å². The van der Waals surface area contributed by atoms with Gasteiger partial charge in [-0.15, -0.1) is 34.4 Å². The number of rotatable bonds is 10. The summed E-state index contributed by atoms with van der Waals surface area (Å²) in [5, 5.41) is 20.8. The fraction of sp³-hybridized carbons (Fsp3) is 0.379. The number of carbonyl (C=O) groups is 3. The van der Waals surface area contributed by atoms with E-state index in [2.05, 4.69) is 15.5 Å². The predicted octanol–water partition coefficient (Wildman–Crippen LogP) is 3.75. The Morgan fingerprint density at radius 3 is 2.78 bits per heavy atom. The van der Waals surface area contributed by atoms with Crippen molar-refractivity contribution >= 4 is 84.9 Å². The van der Waals surface area contributed by atoms with Crippen LogP contribution in [-0.4, -0.2) is 75.4 Å². The second-order valence-corrected chi connectivity index (χ2v) is 15.1. The maximum Gasteiger partial charge on any atom is 0.316 e. The van der Waals surface area contributed by atoms with Crippen molar-refractivity contribution in [2.45, 2.75) is 47.4 Å². The number of thiazole rings is 1. The number of amides is 2. The van der Waals surface area contributed by atoms with Crippen LogP contribution in [-0.2, 0) is 19.2 Å². The van der Waals surface area contributed by atoms with Crippen molar-refractivity contribution in [3.05, 3.63) is 57.0 Å². The molecule has 16 heteroatoms. The number of thioether (sulfide) groups is 2. The van der Waals surface area contributed by atoms with Gasteiger partial charge in [-0.25, -0.2) is 4.98 Å². The summed E-state index contributed by atoms with van der Waals surface area (Å²) in [6.45, 7) is -0.0538. The topological polar surface area (TPSA) is 174 Å². The van der Waals surface area contributed by atoms with Crippen molar-refractivity contribution in [2.75, 3.05) is 25.1 Å². The first kappa shape index (κ1) is 31.4. The van der Waals surface area contributed by atoms with E-state index in [1.54, 1.807) is 42.2 Å². The van der Waals surface area contributed by atoms with Gasteiger partial charge in [0.15, 0.2) is 16.3 Å². The van der Waals surface area contributed by atoms with Gasteiger partial charge in [0.1, 0.15) is 34.4 Å². The molecule has 4 heterocycles. The number of benzene rings is 1. The highest BCUT2D eigenvalue weighted by Gasteiger charge is 2.57. The molecular formula is C29H29N5O7S4. The molecule has 3 aliphatic rings. The van der Waals surface area contributed by atoms with Crippen molar-refractivity contribution in [1.29, 1.82) is 0 Å². The molecule has 2 unspecified atom stereocenters. The largest absolute Gasteiger partial charge is 0.497 e. The molecule has 0 bridgehead atoms. The number of nitrogens with two attached hydrogens (primary N) is 1. The van der Waals surface area contributed by atoms with Crippen molar-refractivity contribution in [2.24, 2.45) is 10.6 Å². The number of aliphatic carboxylic acids is 1. The Labute approximate surface area is 274 Å². The fourth-order valence-corrected chi connectivity index (χ4v) is 9.52. The third-order valence-electron chi connectivity index (χ3n) is 7.88. The summed E-state index contributed by atoms with van der Waals surface area (Å²) in [7, 11) is 1.56. The summed E-state index contributed by atoms with van der Waals surface area (Å²) in [6, 6.07) is 5.91. The van der Waals surface area contributed by atoms with E-state index in [9.17, 15) is 24.3 Å². The monoisotopic (exact) mass is 687 g/mol. The number of fused-ring (bicyclic) bond motifs is 2. The molecule has 1 aliphatic carbocycles. The first-order valence-corrected chi connectivity index (χ1v) is 17.7. The van der Waals surface area contributed by atoms with Crippen molar-refractivity contribution in [3.63, 3.8) is 0 Å². The number of methoxy groups -OCH3 is 1. The van der Waals surface area contributed by atoms with Crippen molar-refractivity contribution in [1.82, 2.24) is 15.2 Å². The molecule has 2 saturated heterocycles. The highest BCUT2D eigenvalue weighted by Crippen LogP contribution is 2.44. The molecule has 2 aromatic heterocycles. The molecule has 0 spiro atoms. The van der Waals surface area contributed by atoms with Gasteiger partial charge in [0.05, 0.1) is 11.3 Å². The summed E-state index contributed by atoms with van der Waals surface area (Å²) >= 11 is 5.09. The predicted molar refractivity (Wildman–Crippen MR) is 176 cm³/mol. The molecule has 2 aliphatic heterocycles. The Morgan fingerprint density at radius 2 is 2.07 bits per heavy atom. The van der Waals surface area contributed by atoms with Crippen LogP contribution in [0.4, 0.5) is 5.13 Å². The van der Waals surface area contributed by atoms with E-state index < -0.39 is 28.7 Å². The molecule has 3 aromatic rings. The van der Waals surface area contributed by atoms with E-state index in [1.165, 1.54) is 45.8 Å². The van der Waals surface area contributed by atoms with Crippen LogP contribution in [0.2, 0.25) is 0 Å². The molecule has 0 radical (unpaired) electrons. The Bertz CT molecular complexity index is 1770. The van der Waals surface area contributed by atoms with Crippen LogP contribution in [0.1, 0.15) is 31.4 Å². The average Bonchev–Trinajstić information content (AvgIpc) is 3.71. The lowest BCUT2D eigenvalue weighted by Gasteiger charge is -2.53. The molecule has 12 nitrogen and oxygen atoms in total. The number of hydrogen-bond acceptors (Lipinski definition) is 13. The van der Waals surface area contributed by atoms with Crippen molar-refractivity contribution < 1.29 is 29.1 Å². The zero-order valence-corrected chi connectivity index (χ0v) is 27.2. The zero-order chi connectivity index (χ0) is 31.7. The zero-order valence-electron chi connectivity index (χ0n) is 24.0. The molecule has 2 amide bonds. The number of oxime groups is 1. The Kier molecular flexibility index (Phi) is 9.08. The normalized spacial score (nSPS) is 23.6. The Hall–Kier alpha value is -3.60. The smallest absolute Gasteiger partial charge is 0.316 e. The van der Waals surface area contributed by atoms with Crippen LogP contribution < -0.4 is 21.2 Å². The van der Waals surface area contributed by atoms with Gasteiger partial charge in [0.2, 0.25) is 5.91 Å². The number of carbonyl (C=O) groups excluding carboxylic acids is 2. The second-order valence-electron chi connectivity index (χ2n) is 10.8. The molecular weight excluding hydrogens is 659 g/mol. The van der Waals surface area contributed by atoms with Crippen LogP contribution in [0.25, 0.3) is 10.1 Å². The summed E-state index contributed by atoms with van der Waals surface area (Å²) in [5.41, 5.74) is 4.50. The van der Waals surface area contributed by atoms with Gasteiger partial charge in [-0.2, -0.15) is 0 Å². The quantitative estimate of drug-likeness (QED) is 0.123. The van der Waals surface area contributed by atoms with E-state index >= 15 is 0 Å². The highest BCUT2D eigenvalue weighted by atomic mass is 32.2. The number of nitrogens with one attached hydrogen (secondary N) is 1.